The summed E-state index contributed by atoms with van der Waals surface area (Å²) in [6.45, 7) is 8.33. The van der Waals surface area contributed by atoms with Crippen molar-refractivity contribution in [3.63, 3.8) is 0 Å². The van der Waals surface area contributed by atoms with E-state index < -0.39 is 10.0 Å². The van der Waals surface area contributed by atoms with E-state index in [1.165, 1.54) is 18.3 Å². The summed E-state index contributed by atoms with van der Waals surface area (Å²) in [4.78, 5) is 3.97. The van der Waals surface area contributed by atoms with Gasteiger partial charge in [0.25, 0.3) is 0 Å². The van der Waals surface area contributed by atoms with Crippen LogP contribution in [0.1, 0.15) is 40.5 Å². The minimum absolute atomic E-state index is 0.114. The third-order valence-electron chi connectivity index (χ3n) is 3.52. The molecule has 0 aliphatic carbocycles. The van der Waals surface area contributed by atoms with Crippen molar-refractivity contribution < 1.29 is 8.42 Å². The first-order valence-corrected chi connectivity index (χ1v) is 8.79. The van der Waals surface area contributed by atoms with Gasteiger partial charge in [-0.3, -0.25) is 0 Å². The Morgan fingerprint density at radius 1 is 1.24 bits per heavy atom. The fourth-order valence-electron chi connectivity index (χ4n) is 3.21. The summed E-state index contributed by atoms with van der Waals surface area (Å²) in [5.74, 6) is 0. The van der Waals surface area contributed by atoms with E-state index in [1.54, 1.807) is 0 Å². The predicted octanol–water partition coefficient (Wildman–Crippen LogP) is 2.32. The quantitative estimate of drug-likeness (QED) is 0.834. The highest BCUT2D eigenvalue weighted by Gasteiger charge is 2.39. The van der Waals surface area contributed by atoms with E-state index in [1.807, 2.05) is 0 Å². The molecule has 7 heteroatoms. The number of aromatic nitrogens is 1. The molecule has 0 aromatic carbocycles. The maximum Gasteiger partial charge on any atom is 0.242 e. The molecular formula is C14H22ClN3O2S. The zero-order valence-electron chi connectivity index (χ0n) is 12.8. The molecule has 2 heterocycles. The second-order valence-electron chi connectivity index (χ2n) is 6.94. The normalized spacial score (nSPS) is 22.1. The van der Waals surface area contributed by atoms with Crippen LogP contribution in [-0.2, 0) is 10.0 Å². The molecule has 118 valence electrons. The number of halogens is 1. The number of hydrogen-bond donors (Lipinski definition) is 2. The Morgan fingerprint density at radius 3 is 2.29 bits per heavy atom. The Hall–Kier alpha value is -0.690. The Morgan fingerprint density at radius 2 is 1.81 bits per heavy atom. The fourth-order valence-corrected chi connectivity index (χ4v) is 4.51. The third-order valence-corrected chi connectivity index (χ3v) is 5.25. The van der Waals surface area contributed by atoms with Crippen molar-refractivity contribution >= 4 is 21.6 Å². The lowest BCUT2D eigenvalue weighted by atomic mass is 9.80. The molecule has 1 aromatic heterocycles. The van der Waals surface area contributed by atoms with Gasteiger partial charge in [-0.1, -0.05) is 11.6 Å². The summed E-state index contributed by atoms with van der Waals surface area (Å²) in [7, 11) is -3.58. The van der Waals surface area contributed by atoms with Crippen LogP contribution in [-0.4, -0.2) is 30.5 Å². The second-order valence-corrected chi connectivity index (χ2v) is 9.04. The smallest absolute Gasteiger partial charge is 0.242 e. The van der Waals surface area contributed by atoms with Gasteiger partial charge >= 0.3 is 0 Å². The topological polar surface area (TPSA) is 71.1 Å². The fraction of sp³-hybridized carbons (Fsp3) is 0.643. The van der Waals surface area contributed by atoms with E-state index in [0.29, 0.717) is 0 Å². The molecule has 1 saturated heterocycles. The largest absolute Gasteiger partial charge is 0.307 e. The molecular weight excluding hydrogens is 310 g/mol. The second kappa shape index (κ2) is 5.50. The Bertz CT molecular complexity index is 596. The minimum atomic E-state index is -3.58. The van der Waals surface area contributed by atoms with Crippen molar-refractivity contribution in [2.45, 2.75) is 62.6 Å². The van der Waals surface area contributed by atoms with Crippen LogP contribution in [0.5, 0.6) is 0 Å². The average Bonchev–Trinajstić information content (AvgIpc) is 2.23. The monoisotopic (exact) mass is 331 g/mol. The van der Waals surface area contributed by atoms with Crippen LogP contribution >= 0.6 is 11.6 Å². The van der Waals surface area contributed by atoms with Gasteiger partial charge in [-0.05, 0) is 52.7 Å². The highest BCUT2D eigenvalue weighted by Crippen LogP contribution is 2.29. The van der Waals surface area contributed by atoms with E-state index in [9.17, 15) is 8.42 Å². The van der Waals surface area contributed by atoms with Crippen molar-refractivity contribution in [2.75, 3.05) is 0 Å². The van der Waals surface area contributed by atoms with Crippen LogP contribution < -0.4 is 10.0 Å². The molecule has 2 rings (SSSR count). The van der Waals surface area contributed by atoms with Gasteiger partial charge in [0, 0.05) is 23.3 Å². The molecule has 0 radical (unpaired) electrons. The number of piperidine rings is 1. The van der Waals surface area contributed by atoms with Gasteiger partial charge in [-0.2, -0.15) is 0 Å². The van der Waals surface area contributed by atoms with Crippen LogP contribution in [0.15, 0.2) is 23.2 Å². The van der Waals surface area contributed by atoms with Crippen LogP contribution in [0.25, 0.3) is 0 Å². The number of nitrogens with one attached hydrogen (secondary N) is 2. The molecule has 2 N–H and O–H groups in total. The van der Waals surface area contributed by atoms with Gasteiger partial charge < -0.3 is 5.32 Å². The van der Waals surface area contributed by atoms with Crippen LogP contribution in [0.2, 0.25) is 5.15 Å². The molecule has 0 bridgehead atoms. The standard InChI is InChI=1S/C14H22ClN3O2S/c1-13(2)7-10(8-14(3,4)18-13)17-21(19,20)11-5-6-12(15)16-9-11/h5-6,9-10,17-18H,7-8H2,1-4H3. The Labute approximate surface area is 131 Å². The number of hydrogen-bond acceptors (Lipinski definition) is 4. The number of nitrogens with zero attached hydrogens (tertiary/aromatic N) is 1. The van der Waals surface area contributed by atoms with Crippen molar-refractivity contribution in [3.05, 3.63) is 23.5 Å². The van der Waals surface area contributed by atoms with Crippen molar-refractivity contribution in [2.24, 2.45) is 0 Å². The molecule has 0 amide bonds. The van der Waals surface area contributed by atoms with E-state index >= 15 is 0 Å². The summed E-state index contributed by atoms with van der Waals surface area (Å²) in [6.07, 6.45) is 2.75. The van der Waals surface area contributed by atoms with Gasteiger partial charge in [0.05, 0.1) is 0 Å². The van der Waals surface area contributed by atoms with E-state index in [4.69, 9.17) is 11.6 Å². The van der Waals surface area contributed by atoms with E-state index in [2.05, 4.69) is 42.7 Å². The zero-order valence-corrected chi connectivity index (χ0v) is 14.3. The van der Waals surface area contributed by atoms with Gasteiger partial charge in [-0.15, -0.1) is 0 Å². The lowest BCUT2D eigenvalue weighted by molar-refractivity contribution is 0.157. The number of pyridine rings is 1. The maximum absolute atomic E-state index is 12.4. The van der Waals surface area contributed by atoms with Crippen LogP contribution in [0.3, 0.4) is 0 Å². The molecule has 0 unspecified atom stereocenters. The van der Waals surface area contributed by atoms with Gasteiger partial charge in [0.2, 0.25) is 10.0 Å². The lowest BCUT2D eigenvalue weighted by Gasteiger charge is -2.46. The maximum atomic E-state index is 12.4. The molecule has 1 fully saturated rings. The molecule has 1 aromatic rings. The number of rotatable bonds is 3. The molecule has 1 aliphatic heterocycles. The summed E-state index contributed by atoms with van der Waals surface area (Å²) in [5.41, 5.74) is -0.236. The van der Waals surface area contributed by atoms with Gasteiger partial charge in [0.15, 0.2) is 0 Å². The highest BCUT2D eigenvalue weighted by atomic mass is 35.5. The van der Waals surface area contributed by atoms with Crippen molar-refractivity contribution in [3.8, 4) is 0 Å². The van der Waals surface area contributed by atoms with Gasteiger partial charge in [0.1, 0.15) is 10.0 Å². The van der Waals surface area contributed by atoms with Crippen LogP contribution in [0.4, 0.5) is 0 Å². The summed E-state index contributed by atoms with van der Waals surface area (Å²) in [6, 6.07) is 2.83. The molecule has 5 nitrogen and oxygen atoms in total. The molecule has 0 spiro atoms. The predicted molar refractivity (Wildman–Crippen MR) is 83.9 cm³/mol. The van der Waals surface area contributed by atoms with E-state index in [0.717, 1.165) is 12.8 Å². The molecule has 0 atom stereocenters. The van der Waals surface area contributed by atoms with Crippen molar-refractivity contribution in [1.29, 1.82) is 0 Å². The van der Waals surface area contributed by atoms with Gasteiger partial charge in [-0.25, -0.2) is 18.1 Å². The Balaban J connectivity index is 2.18. The first-order chi connectivity index (χ1) is 9.49. The van der Waals surface area contributed by atoms with Crippen molar-refractivity contribution in [1.82, 2.24) is 15.0 Å². The highest BCUT2D eigenvalue weighted by molar-refractivity contribution is 7.89. The lowest BCUT2D eigenvalue weighted by Crippen LogP contribution is -2.62. The minimum Gasteiger partial charge on any atom is -0.307 e. The molecule has 1 aliphatic rings. The summed E-state index contributed by atoms with van der Waals surface area (Å²) >= 11 is 5.69. The molecule has 21 heavy (non-hydrogen) atoms. The summed E-state index contributed by atoms with van der Waals surface area (Å²) in [5, 5.41) is 3.81. The van der Waals surface area contributed by atoms with E-state index in [-0.39, 0.29) is 27.2 Å². The molecule has 0 saturated carbocycles. The average molecular weight is 332 g/mol. The number of sulfonamides is 1. The SMILES string of the molecule is CC1(C)CC(NS(=O)(=O)c2ccc(Cl)nc2)CC(C)(C)N1. The first-order valence-electron chi connectivity index (χ1n) is 6.92. The zero-order chi connectivity index (χ0) is 15.9. The van der Waals surface area contributed by atoms with Crippen LogP contribution in [0, 0.1) is 0 Å². The first kappa shape index (κ1) is 16.7. The Kier molecular flexibility index (Phi) is 4.37. The summed E-state index contributed by atoms with van der Waals surface area (Å²) < 4.78 is 27.6. The third kappa shape index (κ3) is 4.39.